The van der Waals surface area contributed by atoms with Gasteiger partial charge in [-0.05, 0) is 38.5 Å². The molecule has 1 saturated carbocycles. The Morgan fingerprint density at radius 3 is 2.57 bits per heavy atom. The Morgan fingerprint density at radius 2 is 2.00 bits per heavy atom. The molecule has 0 saturated heterocycles. The van der Waals surface area contributed by atoms with Crippen LogP contribution in [0.4, 0.5) is 0 Å². The highest BCUT2D eigenvalue weighted by molar-refractivity contribution is 5.27. The number of hydrogen-bond acceptors (Lipinski definition) is 2. The van der Waals surface area contributed by atoms with Gasteiger partial charge < -0.3 is 9.84 Å². The van der Waals surface area contributed by atoms with Gasteiger partial charge in [0.15, 0.2) is 0 Å². The molecule has 1 spiro atoms. The number of aliphatic hydroxyl groups excluding tert-OH is 1. The average molecular weight is 196 g/mol. The molecule has 2 heteroatoms. The van der Waals surface area contributed by atoms with Crippen molar-refractivity contribution in [2.24, 2.45) is 0 Å². The molecule has 1 aliphatic carbocycles. The molecule has 2 nitrogen and oxygen atoms in total. The third kappa shape index (κ3) is 1.51. The summed E-state index contributed by atoms with van der Waals surface area (Å²) in [5.74, 6) is 0.236. The Morgan fingerprint density at radius 1 is 1.29 bits per heavy atom. The van der Waals surface area contributed by atoms with Gasteiger partial charge in [-0.2, -0.15) is 0 Å². The van der Waals surface area contributed by atoms with E-state index in [-0.39, 0.29) is 11.5 Å². The topological polar surface area (TPSA) is 29.5 Å². The highest BCUT2D eigenvalue weighted by Gasteiger charge is 2.47. The largest absolute Gasteiger partial charge is 0.481 e. The molecule has 0 atom stereocenters. The van der Waals surface area contributed by atoms with Gasteiger partial charge >= 0.3 is 0 Å². The minimum absolute atomic E-state index is 0.0303. The maximum atomic E-state index is 9.51. The number of unbranched alkanes of at least 4 members (excludes halogenated alkanes) is 1. The first-order valence-electron chi connectivity index (χ1n) is 5.90. The van der Waals surface area contributed by atoms with Crippen molar-refractivity contribution in [2.45, 2.75) is 63.9 Å². The fourth-order valence-electron chi connectivity index (χ4n) is 2.67. The van der Waals surface area contributed by atoms with Crippen molar-refractivity contribution in [1.29, 1.82) is 0 Å². The highest BCUT2D eigenvalue weighted by atomic mass is 16.6. The quantitative estimate of drug-likeness (QED) is 0.746. The van der Waals surface area contributed by atoms with Crippen LogP contribution in [0.15, 0.2) is 11.5 Å². The van der Waals surface area contributed by atoms with E-state index in [2.05, 4.69) is 6.92 Å². The van der Waals surface area contributed by atoms with Crippen LogP contribution in [-0.4, -0.2) is 10.7 Å². The van der Waals surface area contributed by atoms with Gasteiger partial charge in [-0.15, -0.1) is 0 Å². The summed E-state index contributed by atoms with van der Waals surface area (Å²) < 4.78 is 5.51. The van der Waals surface area contributed by atoms with Crippen LogP contribution in [0.2, 0.25) is 0 Å². The summed E-state index contributed by atoms with van der Waals surface area (Å²) in [7, 11) is 0. The van der Waals surface area contributed by atoms with Crippen LogP contribution in [0.5, 0.6) is 0 Å². The lowest BCUT2D eigenvalue weighted by molar-refractivity contribution is -0.109. The van der Waals surface area contributed by atoms with Gasteiger partial charge in [0, 0.05) is 0 Å². The molecule has 1 fully saturated rings. The first-order chi connectivity index (χ1) is 6.78. The van der Waals surface area contributed by atoms with Gasteiger partial charge in [0.2, 0.25) is 0 Å². The second kappa shape index (κ2) is 3.84. The average Bonchev–Trinajstić information content (AvgIpc) is 2.19. The maximum Gasteiger partial charge on any atom is 0.280 e. The van der Waals surface area contributed by atoms with Crippen molar-refractivity contribution in [3.05, 3.63) is 11.5 Å². The summed E-state index contributed by atoms with van der Waals surface area (Å²) >= 11 is 0. The summed E-state index contributed by atoms with van der Waals surface area (Å²) in [6.45, 7) is 2.19. The van der Waals surface area contributed by atoms with Crippen molar-refractivity contribution in [1.82, 2.24) is 0 Å². The molecular formula is C12H20O2. The number of aliphatic hydroxyl groups is 1. The smallest absolute Gasteiger partial charge is 0.280 e. The zero-order valence-electron chi connectivity index (χ0n) is 9.01. The van der Waals surface area contributed by atoms with E-state index < -0.39 is 0 Å². The van der Waals surface area contributed by atoms with Gasteiger partial charge in [-0.25, -0.2) is 0 Å². The molecule has 14 heavy (non-hydrogen) atoms. The highest BCUT2D eigenvalue weighted by Crippen LogP contribution is 2.48. The van der Waals surface area contributed by atoms with Crippen molar-refractivity contribution >= 4 is 0 Å². The van der Waals surface area contributed by atoms with E-state index in [9.17, 15) is 5.11 Å². The standard InChI is InChI=1S/C12H20O2/c1-2-3-7-10-11(13)14-12(10)8-5-4-6-9-12/h13H,2-9H2,1H3. The van der Waals surface area contributed by atoms with Gasteiger partial charge in [0.25, 0.3) is 5.95 Å². The summed E-state index contributed by atoms with van der Waals surface area (Å²) in [6, 6.07) is 0. The summed E-state index contributed by atoms with van der Waals surface area (Å²) in [5, 5.41) is 9.51. The number of ether oxygens (including phenoxy) is 1. The van der Waals surface area contributed by atoms with E-state index in [1.807, 2.05) is 0 Å². The van der Waals surface area contributed by atoms with Crippen molar-refractivity contribution in [2.75, 3.05) is 0 Å². The lowest BCUT2D eigenvalue weighted by Gasteiger charge is -2.46. The first-order valence-corrected chi connectivity index (χ1v) is 5.90. The molecule has 0 amide bonds. The second-order valence-corrected chi connectivity index (χ2v) is 4.54. The number of hydrogen-bond donors (Lipinski definition) is 1. The van der Waals surface area contributed by atoms with Crippen LogP contribution in [0.25, 0.3) is 0 Å². The van der Waals surface area contributed by atoms with Gasteiger partial charge in [-0.3, -0.25) is 0 Å². The minimum Gasteiger partial charge on any atom is -0.481 e. The van der Waals surface area contributed by atoms with Crippen molar-refractivity contribution in [3.8, 4) is 0 Å². The second-order valence-electron chi connectivity index (χ2n) is 4.54. The van der Waals surface area contributed by atoms with Crippen LogP contribution in [0.3, 0.4) is 0 Å². The monoisotopic (exact) mass is 196 g/mol. The molecule has 2 aliphatic rings. The fourth-order valence-corrected chi connectivity index (χ4v) is 2.67. The van der Waals surface area contributed by atoms with E-state index in [1.54, 1.807) is 0 Å². The van der Waals surface area contributed by atoms with Crippen molar-refractivity contribution in [3.63, 3.8) is 0 Å². The minimum atomic E-state index is -0.0303. The Kier molecular flexibility index (Phi) is 2.71. The molecule has 1 aliphatic heterocycles. The summed E-state index contributed by atoms with van der Waals surface area (Å²) in [5.41, 5.74) is 1.18. The molecule has 0 radical (unpaired) electrons. The zero-order chi connectivity index (χ0) is 10.0. The SMILES string of the molecule is CCCCC1=C(O)OC12CCCCC2. The first kappa shape index (κ1) is 9.88. The lowest BCUT2D eigenvalue weighted by atomic mass is 9.75. The van der Waals surface area contributed by atoms with Crippen LogP contribution in [0, 0.1) is 0 Å². The molecule has 0 aromatic carbocycles. The normalized spacial score (nSPS) is 24.6. The third-order valence-corrected chi connectivity index (χ3v) is 3.54. The lowest BCUT2D eigenvalue weighted by Crippen LogP contribution is -2.45. The van der Waals surface area contributed by atoms with Crippen LogP contribution in [0.1, 0.15) is 58.3 Å². The predicted molar refractivity (Wildman–Crippen MR) is 56.1 cm³/mol. The van der Waals surface area contributed by atoms with Gasteiger partial charge in [0.05, 0.1) is 5.57 Å². The van der Waals surface area contributed by atoms with E-state index >= 15 is 0 Å². The van der Waals surface area contributed by atoms with E-state index in [0.29, 0.717) is 0 Å². The molecule has 1 heterocycles. The molecule has 0 aromatic rings. The summed E-state index contributed by atoms with van der Waals surface area (Å²) in [4.78, 5) is 0. The van der Waals surface area contributed by atoms with Crippen LogP contribution in [-0.2, 0) is 4.74 Å². The van der Waals surface area contributed by atoms with Crippen LogP contribution >= 0.6 is 0 Å². The Balaban J connectivity index is 2.01. The van der Waals surface area contributed by atoms with E-state index in [1.165, 1.54) is 37.7 Å². The van der Waals surface area contributed by atoms with Gasteiger partial charge in [0.1, 0.15) is 5.60 Å². The third-order valence-electron chi connectivity index (χ3n) is 3.54. The van der Waals surface area contributed by atoms with Gasteiger partial charge in [-0.1, -0.05) is 19.8 Å². The van der Waals surface area contributed by atoms with Crippen molar-refractivity contribution < 1.29 is 9.84 Å². The predicted octanol–water partition coefficient (Wildman–Crippen LogP) is 3.68. The van der Waals surface area contributed by atoms with E-state index in [4.69, 9.17) is 4.74 Å². The fraction of sp³-hybridized carbons (Fsp3) is 0.833. The molecule has 0 aromatic heterocycles. The number of rotatable bonds is 3. The van der Waals surface area contributed by atoms with Crippen LogP contribution < -0.4 is 0 Å². The molecule has 0 unspecified atom stereocenters. The Labute approximate surface area is 86.0 Å². The molecule has 1 N–H and O–H groups in total. The maximum absolute atomic E-state index is 9.51. The molecular weight excluding hydrogens is 176 g/mol. The van der Waals surface area contributed by atoms with E-state index in [0.717, 1.165) is 19.3 Å². The summed E-state index contributed by atoms with van der Waals surface area (Å²) in [6.07, 6.45) is 9.46. The molecule has 0 bridgehead atoms. The Bertz CT molecular complexity index is 237. The Hall–Kier alpha value is -0.660. The zero-order valence-corrected chi connectivity index (χ0v) is 9.01. The molecule has 80 valence electrons. The molecule has 2 rings (SSSR count).